The fourth-order valence-electron chi connectivity index (χ4n) is 4.02. The lowest BCUT2D eigenvalue weighted by atomic mass is 10.1. The number of unbranched alkanes of at least 4 members (excludes halogenated alkanes) is 1. The molecule has 1 aromatic heterocycles. The molecular weight excluding hydrogens is 410 g/mol. The molecule has 1 N–H and O–H groups in total. The molecule has 1 unspecified atom stereocenters. The molecule has 0 aliphatic heterocycles. The number of aromatic nitrogens is 2. The van der Waals surface area contributed by atoms with Gasteiger partial charge in [0.25, 0.3) is 0 Å². The van der Waals surface area contributed by atoms with Crippen LogP contribution in [0.5, 0.6) is 5.75 Å². The molecule has 0 fully saturated rings. The zero-order valence-corrected chi connectivity index (χ0v) is 19.1. The number of nitrogens with zero attached hydrogens (tertiary/aromatic N) is 2. The fourth-order valence-corrected chi connectivity index (χ4v) is 4.02. The van der Waals surface area contributed by atoms with E-state index < -0.39 is 0 Å². The number of carbonyl (C=O) groups is 1. The summed E-state index contributed by atoms with van der Waals surface area (Å²) in [6, 6.07) is 28.0. The summed E-state index contributed by atoms with van der Waals surface area (Å²) in [5.41, 5.74) is 3.23. The molecule has 0 aliphatic rings. The lowest BCUT2D eigenvalue weighted by molar-refractivity contribution is -0.121. The second-order valence-electron chi connectivity index (χ2n) is 8.25. The van der Waals surface area contributed by atoms with Gasteiger partial charge in [-0.25, -0.2) is 4.98 Å². The maximum atomic E-state index is 12.6. The molecule has 0 radical (unpaired) electrons. The Morgan fingerprint density at radius 2 is 1.64 bits per heavy atom. The Balaban J connectivity index is 1.36. The monoisotopic (exact) mass is 441 g/mol. The minimum atomic E-state index is -0.166. The van der Waals surface area contributed by atoms with E-state index >= 15 is 0 Å². The van der Waals surface area contributed by atoms with Gasteiger partial charge in [-0.05, 0) is 56.0 Å². The maximum absolute atomic E-state index is 12.6. The Morgan fingerprint density at radius 1 is 0.939 bits per heavy atom. The summed E-state index contributed by atoms with van der Waals surface area (Å²) in [6.45, 7) is 3.52. The Morgan fingerprint density at radius 3 is 2.42 bits per heavy atom. The molecule has 170 valence electrons. The molecule has 0 bridgehead atoms. The molecule has 0 spiro atoms. The number of imidazole rings is 1. The molecule has 5 nitrogen and oxygen atoms in total. The highest BCUT2D eigenvalue weighted by molar-refractivity contribution is 5.78. The summed E-state index contributed by atoms with van der Waals surface area (Å²) < 4.78 is 8.06. The molecule has 3 aromatic carbocycles. The number of hydrogen-bond acceptors (Lipinski definition) is 3. The summed E-state index contributed by atoms with van der Waals surface area (Å²) in [7, 11) is 0. The van der Waals surface area contributed by atoms with Crippen LogP contribution in [0.25, 0.3) is 11.0 Å². The van der Waals surface area contributed by atoms with E-state index in [0.29, 0.717) is 13.0 Å². The normalized spacial score (nSPS) is 11.9. The van der Waals surface area contributed by atoms with E-state index in [-0.39, 0.29) is 11.9 Å². The predicted molar refractivity (Wildman–Crippen MR) is 132 cm³/mol. The Hall–Kier alpha value is -3.60. The Bertz CT molecular complexity index is 1160. The second-order valence-corrected chi connectivity index (χ2v) is 8.25. The number of rotatable bonds is 11. The number of fused-ring (bicyclic) bond motifs is 1. The van der Waals surface area contributed by atoms with Crippen LogP contribution in [0.2, 0.25) is 0 Å². The summed E-state index contributed by atoms with van der Waals surface area (Å²) in [4.78, 5) is 17.4. The van der Waals surface area contributed by atoms with Crippen molar-refractivity contribution in [2.45, 2.75) is 45.2 Å². The zero-order valence-electron chi connectivity index (χ0n) is 19.1. The highest BCUT2D eigenvalue weighted by Crippen LogP contribution is 2.22. The van der Waals surface area contributed by atoms with E-state index in [1.807, 2.05) is 73.7 Å². The van der Waals surface area contributed by atoms with Gasteiger partial charge in [-0.2, -0.15) is 0 Å². The van der Waals surface area contributed by atoms with E-state index in [2.05, 4.69) is 28.1 Å². The number of ether oxygens (including phenoxy) is 1. The van der Waals surface area contributed by atoms with Gasteiger partial charge in [-0.1, -0.05) is 60.7 Å². The zero-order chi connectivity index (χ0) is 22.9. The topological polar surface area (TPSA) is 56.2 Å². The number of para-hydroxylation sites is 3. The Kier molecular flexibility index (Phi) is 7.75. The van der Waals surface area contributed by atoms with Crippen molar-refractivity contribution in [3.63, 3.8) is 0 Å². The van der Waals surface area contributed by atoms with Gasteiger partial charge in [-0.3, -0.25) is 4.79 Å². The Labute approximate surface area is 195 Å². The third kappa shape index (κ3) is 6.22. The molecular formula is C28H31N3O2. The molecule has 0 aliphatic carbocycles. The van der Waals surface area contributed by atoms with Crippen LogP contribution >= 0.6 is 0 Å². The van der Waals surface area contributed by atoms with Crippen LogP contribution in [0.3, 0.4) is 0 Å². The molecule has 5 heteroatoms. The van der Waals surface area contributed by atoms with Crippen molar-refractivity contribution in [3.8, 4) is 5.75 Å². The molecule has 1 atom stereocenters. The average Bonchev–Trinajstić information content (AvgIpc) is 3.23. The van der Waals surface area contributed by atoms with Crippen molar-refractivity contribution in [2.24, 2.45) is 0 Å². The summed E-state index contributed by atoms with van der Waals surface area (Å²) in [6.07, 6.45) is 3.11. The van der Waals surface area contributed by atoms with E-state index in [4.69, 9.17) is 9.72 Å². The van der Waals surface area contributed by atoms with Crippen LogP contribution in [0.1, 0.15) is 43.6 Å². The van der Waals surface area contributed by atoms with Crippen LogP contribution in [0.4, 0.5) is 0 Å². The highest BCUT2D eigenvalue weighted by Gasteiger charge is 2.18. The SMILES string of the molecule is CC(NC(=O)CCc1ccccc1)c1nc2ccccc2n1CCCCOc1ccccc1. The van der Waals surface area contributed by atoms with Crippen molar-refractivity contribution in [3.05, 3.63) is 96.3 Å². The van der Waals surface area contributed by atoms with Crippen molar-refractivity contribution in [2.75, 3.05) is 6.61 Å². The van der Waals surface area contributed by atoms with Crippen LogP contribution in [-0.4, -0.2) is 22.1 Å². The minimum absolute atomic E-state index is 0.0428. The van der Waals surface area contributed by atoms with Crippen molar-refractivity contribution < 1.29 is 9.53 Å². The van der Waals surface area contributed by atoms with E-state index in [1.54, 1.807) is 0 Å². The number of aryl methyl sites for hydroxylation is 2. The van der Waals surface area contributed by atoms with Crippen molar-refractivity contribution in [1.82, 2.24) is 14.9 Å². The van der Waals surface area contributed by atoms with Crippen LogP contribution < -0.4 is 10.1 Å². The van der Waals surface area contributed by atoms with Gasteiger partial charge in [0.15, 0.2) is 0 Å². The number of benzene rings is 3. The molecule has 1 amide bonds. The largest absolute Gasteiger partial charge is 0.494 e. The van der Waals surface area contributed by atoms with Gasteiger partial charge in [0.2, 0.25) is 5.91 Å². The maximum Gasteiger partial charge on any atom is 0.220 e. The number of carbonyl (C=O) groups excluding carboxylic acids is 1. The summed E-state index contributed by atoms with van der Waals surface area (Å²) in [5.74, 6) is 1.84. The van der Waals surface area contributed by atoms with Crippen LogP contribution in [0, 0.1) is 0 Å². The molecule has 0 saturated heterocycles. The quantitative estimate of drug-likeness (QED) is 0.304. The average molecular weight is 442 g/mol. The highest BCUT2D eigenvalue weighted by atomic mass is 16.5. The fraction of sp³-hybridized carbons (Fsp3) is 0.286. The summed E-state index contributed by atoms with van der Waals surface area (Å²) >= 11 is 0. The lowest BCUT2D eigenvalue weighted by Crippen LogP contribution is -2.29. The first-order valence-corrected chi connectivity index (χ1v) is 11.7. The van der Waals surface area contributed by atoms with Crippen molar-refractivity contribution >= 4 is 16.9 Å². The van der Waals surface area contributed by atoms with E-state index in [0.717, 1.165) is 48.4 Å². The van der Waals surface area contributed by atoms with Crippen molar-refractivity contribution in [1.29, 1.82) is 0 Å². The van der Waals surface area contributed by atoms with Crippen LogP contribution in [-0.2, 0) is 17.8 Å². The van der Waals surface area contributed by atoms with Gasteiger partial charge in [0, 0.05) is 13.0 Å². The minimum Gasteiger partial charge on any atom is -0.494 e. The number of nitrogens with one attached hydrogen (secondary N) is 1. The van der Waals surface area contributed by atoms with Gasteiger partial charge < -0.3 is 14.6 Å². The summed E-state index contributed by atoms with van der Waals surface area (Å²) in [5, 5.41) is 3.14. The predicted octanol–water partition coefficient (Wildman–Crippen LogP) is 5.71. The third-order valence-electron chi connectivity index (χ3n) is 5.72. The third-order valence-corrected chi connectivity index (χ3v) is 5.72. The smallest absolute Gasteiger partial charge is 0.220 e. The first kappa shape index (κ1) is 22.6. The van der Waals surface area contributed by atoms with E-state index in [1.165, 1.54) is 5.56 Å². The lowest BCUT2D eigenvalue weighted by Gasteiger charge is -2.16. The first-order valence-electron chi connectivity index (χ1n) is 11.7. The van der Waals surface area contributed by atoms with Gasteiger partial charge >= 0.3 is 0 Å². The van der Waals surface area contributed by atoms with Gasteiger partial charge in [0.1, 0.15) is 11.6 Å². The number of hydrogen-bond donors (Lipinski definition) is 1. The van der Waals surface area contributed by atoms with Crippen LogP contribution in [0.15, 0.2) is 84.9 Å². The second kappa shape index (κ2) is 11.3. The van der Waals surface area contributed by atoms with Gasteiger partial charge in [0.05, 0.1) is 23.7 Å². The molecule has 33 heavy (non-hydrogen) atoms. The molecule has 4 rings (SSSR count). The molecule has 1 heterocycles. The first-order chi connectivity index (χ1) is 16.2. The van der Waals surface area contributed by atoms with E-state index in [9.17, 15) is 4.79 Å². The standard InChI is InChI=1S/C28H31N3O2/c1-22(29-27(32)19-18-23-12-4-2-5-13-23)28-30-25-16-8-9-17-26(25)31(28)20-10-11-21-33-24-14-6-3-7-15-24/h2-9,12-17,22H,10-11,18-21H2,1H3,(H,29,32). The number of amides is 1. The van der Waals surface area contributed by atoms with Gasteiger partial charge in [-0.15, -0.1) is 0 Å². The molecule has 4 aromatic rings. The molecule has 0 saturated carbocycles.